The second kappa shape index (κ2) is 9.03. The molecule has 2 aromatic carbocycles. The molecular weight excluding hydrogens is 336 g/mol. The molecule has 5 nitrogen and oxygen atoms in total. The van der Waals surface area contributed by atoms with Crippen molar-refractivity contribution < 1.29 is 4.79 Å². The third-order valence-corrected chi connectivity index (χ3v) is 4.54. The number of amides is 1. The molecule has 0 aliphatic heterocycles. The maximum atomic E-state index is 12.4. The summed E-state index contributed by atoms with van der Waals surface area (Å²) in [5.41, 5.74) is 4.23. The van der Waals surface area contributed by atoms with Gasteiger partial charge in [0, 0.05) is 43.3 Å². The minimum Gasteiger partial charge on any atom is -0.370 e. The van der Waals surface area contributed by atoms with Crippen molar-refractivity contribution in [1.29, 1.82) is 0 Å². The van der Waals surface area contributed by atoms with Gasteiger partial charge in [-0.3, -0.25) is 9.48 Å². The number of rotatable bonds is 8. The first kappa shape index (κ1) is 18.7. The van der Waals surface area contributed by atoms with Gasteiger partial charge in [-0.2, -0.15) is 5.10 Å². The lowest BCUT2D eigenvalue weighted by Gasteiger charge is -2.23. The first-order valence-electron chi connectivity index (χ1n) is 9.32. The highest BCUT2D eigenvalue weighted by Crippen LogP contribution is 2.15. The number of aryl methyl sites for hydroxylation is 1. The fraction of sp³-hybridized carbons (Fsp3) is 0.273. The van der Waals surface area contributed by atoms with Gasteiger partial charge in [-0.1, -0.05) is 24.3 Å². The van der Waals surface area contributed by atoms with E-state index in [1.165, 1.54) is 11.3 Å². The van der Waals surface area contributed by atoms with Gasteiger partial charge >= 0.3 is 0 Å². The van der Waals surface area contributed by atoms with E-state index in [9.17, 15) is 4.79 Å². The molecule has 0 bridgehead atoms. The zero-order valence-corrected chi connectivity index (χ0v) is 15.9. The standard InChI is InChI=1S/C22H26N4O/c1-3-25(21-7-4-6-18(2)16-21)15-13-23-22(27)20-10-8-19(9-11-20)17-26-14-5-12-24-26/h4-12,14,16H,3,13,15,17H2,1-2H3,(H,23,27). The lowest BCUT2D eigenvalue weighted by molar-refractivity contribution is 0.0954. The fourth-order valence-electron chi connectivity index (χ4n) is 3.04. The van der Waals surface area contributed by atoms with Gasteiger partial charge in [-0.15, -0.1) is 0 Å². The molecule has 0 radical (unpaired) electrons. The molecule has 140 valence electrons. The summed E-state index contributed by atoms with van der Waals surface area (Å²) in [7, 11) is 0. The Morgan fingerprint density at radius 3 is 2.63 bits per heavy atom. The number of nitrogens with one attached hydrogen (secondary N) is 1. The average molecular weight is 362 g/mol. The predicted molar refractivity (Wildman–Crippen MR) is 109 cm³/mol. The molecule has 0 fully saturated rings. The molecule has 0 unspecified atom stereocenters. The van der Waals surface area contributed by atoms with Crippen molar-refractivity contribution >= 4 is 11.6 Å². The number of likely N-dealkylation sites (N-methyl/N-ethyl adjacent to an activating group) is 1. The summed E-state index contributed by atoms with van der Waals surface area (Å²) in [5, 5.41) is 7.21. The van der Waals surface area contributed by atoms with E-state index < -0.39 is 0 Å². The van der Waals surface area contributed by atoms with Crippen LogP contribution in [0.25, 0.3) is 0 Å². The van der Waals surface area contributed by atoms with E-state index in [1.54, 1.807) is 6.20 Å². The van der Waals surface area contributed by atoms with E-state index in [1.807, 2.05) is 41.2 Å². The molecule has 0 aliphatic carbocycles. The van der Waals surface area contributed by atoms with Gasteiger partial charge in [0.25, 0.3) is 5.91 Å². The van der Waals surface area contributed by atoms with Crippen LogP contribution in [0.4, 0.5) is 5.69 Å². The van der Waals surface area contributed by atoms with Gasteiger partial charge in [0.2, 0.25) is 0 Å². The molecule has 0 aliphatic rings. The van der Waals surface area contributed by atoms with Crippen LogP contribution in [0, 0.1) is 6.92 Å². The topological polar surface area (TPSA) is 50.2 Å². The summed E-state index contributed by atoms with van der Waals surface area (Å²) in [6.45, 7) is 7.22. The molecule has 1 N–H and O–H groups in total. The van der Waals surface area contributed by atoms with E-state index in [4.69, 9.17) is 0 Å². The molecular formula is C22H26N4O. The Balaban J connectivity index is 1.51. The van der Waals surface area contributed by atoms with Crippen LogP contribution in [0.1, 0.15) is 28.4 Å². The molecule has 5 heteroatoms. The summed E-state index contributed by atoms with van der Waals surface area (Å²) >= 11 is 0. The van der Waals surface area contributed by atoms with Crippen molar-refractivity contribution in [3.63, 3.8) is 0 Å². The van der Waals surface area contributed by atoms with Gasteiger partial charge in [-0.25, -0.2) is 0 Å². The Bertz CT molecular complexity index is 856. The third kappa shape index (κ3) is 5.20. The van der Waals surface area contributed by atoms with Crippen LogP contribution in [0.15, 0.2) is 67.0 Å². The molecule has 3 rings (SSSR count). The Morgan fingerprint density at radius 2 is 1.96 bits per heavy atom. The third-order valence-electron chi connectivity index (χ3n) is 4.54. The van der Waals surface area contributed by atoms with Crippen LogP contribution in [-0.4, -0.2) is 35.3 Å². The van der Waals surface area contributed by atoms with Crippen molar-refractivity contribution in [3.8, 4) is 0 Å². The number of hydrogen-bond donors (Lipinski definition) is 1. The Labute approximate surface area is 160 Å². The largest absolute Gasteiger partial charge is 0.370 e. The zero-order chi connectivity index (χ0) is 19.1. The van der Waals surface area contributed by atoms with Crippen molar-refractivity contribution in [3.05, 3.63) is 83.7 Å². The first-order chi connectivity index (χ1) is 13.2. The Morgan fingerprint density at radius 1 is 1.15 bits per heavy atom. The Kier molecular flexibility index (Phi) is 6.26. The monoisotopic (exact) mass is 362 g/mol. The van der Waals surface area contributed by atoms with E-state index in [0.29, 0.717) is 18.7 Å². The highest BCUT2D eigenvalue weighted by Gasteiger charge is 2.08. The van der Waals surface area contributed by atoms with Crippen molar-refractivity contribution in [1.82, 2.24) is 15.1 Å². The average Bonchev–Trinajstić information content (AvgIpc) is 3.19. The highest BCUT2D eigenvalue weighted by atomic mass is 16.1. The lowest BCUT2D eigenvalue weighted by Crippen LogP contribution is -2.35. The van der Waals surface area contributed by atoms with Crippen LogP contribution in [0.2, 0.25) is 0 Å². The minimum atomic E-state index is -0.0408. The normalized spacial score (nSPS) is 10.6. The molecule has 1 amide bonds. The number of anilines is 1. The molecule has 0 saturated heterocycles. The molecule has 0 atom stereocenters. The number of aromatic nitrogens is 2. The summed E-state index contributed by atoms with van der Waals surface area (Å²) in [4.78, 5) is 14.7. The van der Waals surface area contributed by atoms with Gasteiger partial charge < -0.3 is 10.2 Å². The number of carbonyl (C=O) groups excluding carboxylic acids is 1. The smallest absolute Gasteiger partial charge is 0.251 e. The second-order valence-corrected chi connectivity index (χ2v) is 6.58. The quantitative estimate of drug-likeness (QED) is 0.667. The van der Waals surface area contributed by atoms with Crippen LogP contribution < -0.4 is 10.2 Å². The van der Waals surface area contributed by atoms with Gasteiger partial charge in [0.05, 0.1) is 6.54 Å². The zero-order valence-electron chi connectivity index (χ0n) is 15.9. The SMILES string of the molecule is CCN(CCNC(=O)c1ccc(Cn2cccn2)cc1)c1cccc(C)c1. The maximum absolute atomic E-state index is 12.4. The number of benzene rings is 2. The van der Waals surface area contributed by atoms with Crippen LogP contribution in [0.5, 0.6) is 0 Å². The molecule has 1 aromatic heterocycles. The van der Waals surface area contributed by atoms with E-state index in [-0.39, 0.29) is 5.91 Å². The molecule has 1 heterocycles. The van der Waals surface area contributed by atoms with E-state index in [0.717, 1.165) is 18.7 Å². The fourth-order valence-corrected chi connectivity index (χ4v) is 3.04. The Hall–Kier alpha value is -3.08. The van der Waals surface area contributed by atoms with E-state index >= 15 is 0 Å². The first-order valence-corrected chi connectivity index (χ1v) is 9.32. The number of nitrogens with zero attached hydrogens (tertiary/aromatic N) is 3. The molecule has 0 saturated carbocycles. The maximum Gasteiger partial charge on any atom is 0.251 e. The van der Waals surface area contributed by atoms with Gasteiger partial charge in [-0.05, 0) is 55.3 Å². The summed E-state index contributed by atoms with van der Waals surface area (Å²) in [6.07, 6.45) is 3.69. The van der Waals surface area contributed by atoms with Crippen LogP contribution in [-0.2, 0) is 6.54 Å². The summed E-state index contributed by atoms with van der Waals surface area (Å²) in [6, 6.07) is 18.0. The van der Waals surface area contributed by atoms with Gasteiger partial charge in [0.15, 0.2) is 0 Å². The number of carbonyl (C=O) groups is 1. The predicted octanol–water partition coefficient (Wildman–Crippen LogP) is 3.50. The van der Waals surface area contributed by atoms with Crippen LogP contribution >= 0.6 is 0 Å². The summed E-state index contributed by atoms with van der Waals surface area (Å²) in [5.74, 6) is -0.0408. The minimum absolute atomic E-state index is 0.0408. The number of hydrogen-bond acceptors (Lipinski definition) is 3. The molecule has 3 aromatic rings. The molecule has 27 heavy (non-hydrogen) atoms. The molecule has 0 spiro atoms. The lowest BCUT2D eigenvalue weighted by atomic mass is 10.1. The van der Waals surface area contributed by atoms with Gasteiger partial charge in [0.1, 0.15) is 0 Å². The van der Waals surface area contributed by atoms with Crippen LogP contribution in [0.3, 0.4) is 0 Å². The van der Waals surface area contributed by atoms with Crippen molar-refractivity contribution in [2.45, 2.75) is 20.4 Å². The second-order valence-electron chi connectivity index (χ2n) is 6.58. The van der Waals surface area contributed by atoms with E-state index in [2.05, 4.69) is 53.4 Å². The van der Waals surface area contributed by atoms with Crippen molar-refractivity contribution in [2.75, 3.05) is 24.5 Å². The highest BCUT2D eigenvalue weighted by molar-refractivity contribution is 5.94. The van der Waals surface area contributed by atoms with Crippen molar-refractivity contribution in [2.24, 2.45) is 0 Å². The summed E-state index contributed by atoms with van der Waals surface area (Å²) < 4.78 is 1.86.